The van der Waals surface area contributed by atoms with Crippen LogP contribution in [0.25, 0.3) is 0 Å². The van der Waals surface area contributed by atoms with Crippen LogP contribution in [-0.4, -0.2) is 10.3 Å². The molecular weight excluding hydrogens is 1060 g/mol. The monoisotopic (exact) mass is 1160 g/mol. The van der Waals surface area contributed by atoms with Crippen molar-refractivity contribution >= 4 is 74.1 Å². The molecule has 0 radical (unpaired) electrons. The lowest BCUT2D eigenvalue weighted by Gasteiger charge is -2.60. The topological polar surface area (TPSA) is 0 Å². The maximum atomic E-state index is 2.68. The molecule has 0 aliphatic heterocycles. The molecule has 0 saturated carbocycles. The van der Waals surface area contributed by atoms with Crippen molar-refractivity contribution in [3.63, 3.8) is 0 Å². The summed E-state index contributed by atoms with van der Waals surface area (Å²) in [5.74, 6) is 0. The number of aryl methyl sites for hydroxylation is 8. The molecule has 1 unspecified atom stereocenters. The zero-order chi connectivity index (χ0) is 60.3. The van der Waals surface area contributed by atoms with E-state index in [2.05, 4.69) is 270 Å². The van der Waals surface area contributed by atoms with Crippen molar-refractivity contribution in [1.82, 2.24) is 0 Å². The van der Waals surface area contributed by atoms with Gasteiger partial charge in [-0.25, -0.2) is 0 Å². The summed E-state index contributed by atoms with van der Waals surface area (Å²) in [6.45, 7) is 60.8. The van der Waals surface area contributed by atoms with Crippen LogP contribution in [-0.2, 0) is 0 Å². The normalized spacial score (nSPS) is 12.5. The quantitative estimate of drug-likeness (QED) is 0.0846. The molecule has 0 fully saturated rings. The molecule has 0 aliphatic carbocycles. The van der Waals surface area contributed by atoms with Gasteiger partial charge < -0.3 is 0 Å². The Labute approximate surface area is 504 Å². The highest BCUT2D eigenvalue weighted by molar-refractivity contribution is 8.06. The third-order valence-corrected chi connectivity index (χ3v) is 37.0. The van der Waals surface area contributed by atoms with E-state index < -0.39 is 36.3 Å². The van der Waals surface area contributed by atoms with Gasteiger partial charge in [-0.05, 0) is 380 Å². The largest absolute Gasteiger partial charge is 0.0654 e. The van der Waals surface area contributed by atoms with Crippen LogP contribution in [0.5, 0.6) is 0 Å². The summed E-state index contributed by atoms with van der Waals surface area (Å²) >= 11 is 0. The first-order chi connectivity index (χ1) is 38.7. The predicted octanol–water partition coefficient (Wildman–Crippen LogP) is 19.1. The molecule has 0 spiro atoms. The molecule has 0 nitrogen and oxygen atoms in total. The van der Waals surface area contributed by atoms with Crippen LogP contribution in [0.15, 0.2) is 97.1 Å². The number of hydrogen-bond acceptors (Lipinski definition) is 0. The molecule has 8 aromatic carbocycles. The van der Waals surface area contributed by atoms with Gasteiger partial charge in [0.05, 0.1) is 4.64 Å². The van der Waals surface area contributed by atoms with Gasteiger partial charge in [-0.2, -0.15) is 0 Å². The van der Waals surface area contributed by atoms with Crippen LogP contribution in [0.2, 0.25) is 0 Å². The van der Waals surface area contributed by atoms with Gasteiger partial charge in [0.2, 0.25) is 0 Å². The number of unbranched alkanes of at least 4 members (excludes halogenated alkanes) is 1. The average Bonchev–Trinajstić information content (AvgIpc) is 1.33. The molecule has 0 bridgehead atoms. The third-order valence-electron chi connectivity index (χ3n) is 20.8. The molecule has 82 heavy (non-hydrogen) atoms. The zero-order valence-corrected chi connectivity index (χ0v) is 58.8. The minimum atomic E-state index is -1.33. The summed E-state index contributed by atoms with van der Waals surface area (Å²) < 4.78 is -0.478. The molecule has 0 amide bonds. The SMILES string of the molecule is CCCCC(P(c1ccc(C)c(C)c1C)c1ccc(C)c(C)c1C)C(P(c1ccc(C)c(C)c1C)c1ccc(C)c(C)c1C)(P(c1ccc(C)c(C)c1C)c1ccc(C)c(C)c1C)P(c1ccc(C)c(C)c1C)c1ccc(C)c(C)c1C. The number of benzene rings is 8. The minimum Gasteiger partial charge on any atom is -0.0654 e. The van der Waals surface area contributed by atoms with Gasteiger partial charge in [0.1, 0.15) is 0 Å². The molecule has 4 heteroatoms. The fourth-order valence-corrected chi connectivity index (χ4v) is 33.2. The van der Waals surface area contributed by atoms with Crippen molar-refractivity contribution < 1.29 is 0 Å². The summed E-state index contributed by atoms with van der Waals surface area (Å²) in [5.41, 5.74) is 34.2. The molecule has 0 N–H and O–H groups in total. The Morgan fingerprint density at radius 3 is 0.598 bits per heavy atom. The van der Waals surface area contributed by atoms with Gasteiger partial charge in [-0.3, -0.25) is 0 Å². The number of hydrogen-bond donors (Lipinski definition) is 0. The lowest BCUT2D eigenvalue weighted by molar-refractivity contribution is 0.689. The Morgan fingerprint density at radius 2 is 0.415 bits per heavy atom. The van der Waals surface area contributed by atoms with E-state index in [-0.39, 0.29) is 5.66 Å². The van der Waals surface area contributed by atoms with E-state index in [1.54, 1.807) is 42.4 Å². The molecule has 0 aromatic heterocycles. The smallest absolute Gasteiger partial charge is 0.0619 e. The Kier molecular flexibility index (Phi) is 19.5. The van der Waals surface area contributed by atoms with Crippen molar-refractivity contribution in [1.29, 1.82) is 0 Å². The third kappa shape index (κ3) is 11.0. The van der Waals surface area contributed by atoms with E-state index in [9.17, 15) is 0 Å². The Bertz CT molecular complexity index is 3260. The summed E-state index contributed by atoms with van der Waals surface area (Å²) in [6, 6.07) is 41.5. The molecule has 8 aromatic rings. The standard InChI is InChI=1S/C78H98P4/c1-26-27-28-77(79(69-37-29-45(2)53(10)61(69)18)70-38-30-46(3)54(11)62(70)19)78(80(71-39-31-47(4)55(12)63(71)20)72-40-32-48(5)56(13)64(72)21,81(73-41-33-49(6)57(14)65(73)22)74-42-34-50(7)58(15)66(74)23)82(75-43-35-51(8)59(16)67(75)24)76-44-36-52(9)60(17)68(76)25/h29-44,77H,26-28H2,1-25H3. The van der Waals surface area contributed by atoms with E-state index in [0.29, 0.717) is 0 Å². The Morgan fingerprint density at radius 1 is 0.244 bits per heavy atom. The van der Waals surface area contributed by atoms with Crippen molar-refractivity contribution in [3.8, 4) is 0 Å². The fourth-order valence-electron chi connectivity index (χ4n) is 13.1. The second-order valence-corrected chi connectivity index (χ2v) is 35.3. The highest BCUT2D eigenvalue weighted by Crippen LogP contribution is 2.84. The maximum Gasteiger partial charge on any atom is 0.0619 e. The highest BCUT2D eigenvalue weighted by atomic mass is 31.2. The first-order valence-corrected chi connectivity index (χ1v) is 35.8. The minimum absolute atomic E-state index is 0.165. The Balaban J connectivity index is 1.92. The summed E-state index contributed by atoms with van der Waals surface area (Å²) in [4.78, 5) is 0. The van der Waals surface area contributed by atoms with Gasteiger partial charge in [-0.1, -0.05) is 117 Å². The first kappa shape index (κ1) is 63.5. The zero-order valence-electron chi connectivity index (χ0n) is 55.2. The molecule has 1 atom stereocenters. The van der Waals surface area contributed by atoms with E-state index in [1.165, 1.54) is 134 Å². The first-order valence-electron chi connectivity index (χ1n) is 30.4. The molecule has 0 aliphatic rings. The van der Waals surface area contributed by atoms with Gasteiger partial charge >= 0.3 is 0 Å². The molecule has 8 rings (SSSR count). The van der Waals surface area contributed by atoms with Crippen LogP contribution >= 0.6 is 31.7 Å². The van der Waals surface area contributed by atoms with Gasteiger partial charge in [0, 0.05) is 5.66 Å². The van der Waals surface area contributed by atoms with Crippen molar-refractivity contribution in [2.75, 3.05) is 0 Å². The molecule has 0 saturated heterocycles. The van der Waals surface area contributed by atoms with Crippen LogP contribution in [0.3, 0.4) is 0 Å². The predicted molar refractivity (Wildman–Crippen MR) is 376 cm³/mol. The van der Waals surface area contributed by atoms with Crippen molar-refractivity contribution in [3.05, 3.63) is 231 Å². The van der Waals surface area contributed by atoms with Crippen LogP contribution in [0.1, 0.15) is 160 Å². The lowest BCUT2D eigenvalue weighted by atomic mass is 10.0. The van der Waals surface area contributed by atoms with Gasteiger partial charge in [-0.15, -0.1) is 0 Å². The maximum absolute atomic E-state index is 2.68. The fraction of sp³-hybridized carbons (Fsp3) is 0.385. The van der Waals surface area contributed by atoms with E-state index >= 15 is 0 Å². The van der Waals surface area contributed by atoms with Gasteiger partial charge in [0.25, 0.3) is 0 Å². The summed E-state index contributed by atoms with van der Waals surface area (Å²) in [5, 5.41) is 12.5. The molecule has 0 heterocycles. The lowest BCUT2D eigenvalue weighted by Crippen LogP contribution is -2.52. The van der Waals surface area contributed by atoms with Crippen molar-refractivity contribution in [2.45, 2.75) is 203 Å². The summed E-state index contributed by atoms with van der Waals surface area (Å²) in [7, 11) is -5.14. The van der Waals surface area contributed by atoms with E-state index in [0.717, 1.165) is 19.3 Å². The molecule has 430 valence electrons. The van der Waals surface area contributed by atoms with Crippen molar-refractivity contribution in [2.24, 2.45) is 0 Å². The second-order valence-electron chi connectivity index (χ2n) is 24.9. The highest BCUT2D eigenvalue weighted by Gasteiger charge is 2.62. The van der Waals surface area contributed by atoms with Gasteiger partial charge in [0.15, 0.2) is 0 Å². The second kappa shape index (κ2) is 25.2. The average molecular weight is 1160 g/mol. The van der Waals surface area contributed by atoms with E-state index in [1.807, 2.05) is 0 Å². The van der Waals surface area contributed by atoms with Crippen LogP contribution in [0, 0.1) is 166 Å². The number of rotatable bonds is 16. The van der Waals surface area contributed by atoms with Crippen LogP contribution < -0.4 is 42.4 Å². The van der Waals surface area contributed by atoms with Crippen LogP contribution in [0.4, 0.5) is 0 Å². The molecular formula is C78H98P4. The summed E-state index contributed by atoms with van der Waals surface area (Å²) in [6.07, 6.45) is 3.33. The Hall–Kier alpha value is -4.52. The van der Waals surface area contributed by atoms with E-state index in [4.69, 9.17) is 0 Å².